The van der Waals surface area contributed by atoms with Crippen molar-refractivity contribution >= 4 is 18.0 Å². The third kappa shape index (κ3) is 3.41. The van der Waals surface area contributed by atoms with Crippen molar-refractivity contribution in [3.05, 3.63) is 16.0 Å². The van der Waals surface area contributed by atoms with Crippen LogP contribution in [0.5, 0.6) is 0 Å². The summed E-state index contributed by atoms with van der Waals surface area (Å²) in [5.74, 6) is 0.276. The van der Waals surface area contributed by atoms with Crippen LogP contribution in [0.1, 0.15) is 40.3 Å². The number of hydrogen-bond acceptors (Lipinski definition) is 5. The quantitative estimate of drug-likeness (QED) is 0.622. The van der Waals surface area contributed by atoms with Crippen LogP contribution < -0.4 is 5.56 Å². The van der Waals surface area contributed by atoms with Gasteiger partial charge in [0.05, 0.1) is 0 Å². The van der Waals surface area contributed by atoms with Crippen molar-refractivity contribution in [3.8, 4) is 0 Å². The SMILES string of the molecule is CSc1nnc(C(C)(C)C)c(=O)n1/N=C/C(C)C. The molecule has 18 heavy (non-hydrogen) atoms. The zero-order chi connectivity index (χ0) is 13.9. The summed E-state index contributed by atoms with van der Waals surface area (Å²) in [6.45, 7) is 9.83. The molecular weight excluding hydrogens is 248 g/mol. The predicted molar refractivity (Wildman–Crippen MR) is 75.5 cm³/mol. The number of aromatic nitrogens is 3. The first kappa shape index (κ1) is 14.9. The Morgan fingerprint density at radius 3 is 2.39 bits per heavy atom. The lowest BCUT2D eigenvalue weighted by Gasteiger charge is -2.16. The lowest BCUT2D eigenvalue weighted by Crippen LogP contribution is -2.32. The Bertz CT molecular complexity index is 500. The molecule has 0 unspecified atom stereocenters. The first-order chi connectivity index (χ1) is 8.27. The summed E-state index contributed by atoms with van der Waals surface area (Å²) in [6.07, 6.45) is 3.58. The average Bonchev–Trinajstić information content (AvgIpc) is 2.24. The lowest BCUT2D eigenvalue weighted by molar-refractivity contribution is 0.509. The van der Waals surface area contributed by atoms with Crippen molar-refractivity contribution in [1.82, 2.24) is 14.9 Å². The van der Waals surface area contributed by atoms with Crippen LogP contribution in [0.25, 0.3) is 0 Å². The molecule has 0 aliphatic rings. The zero-order valence-electron chi connectivity index (χ0n) is 11.8. The molecule has 0 saturated heterocycles. The van der Waals surface area contributed by atoms with Crippen LogP contribution in [0.3, 0.4) is 0 Å². The van der Waals surface area contributed by atoms with Crippen molar-refractivity contribution in [3.63, 3.8) is 0 Å². The molecule has 0 aliphatic heterocycles. The minimum absolute atomic E-state index is 0.196. The smallest absolute Gasteiger partial charge is 0.265 e. The molecule has 0 N–H and O–H groups in total. The van der Waals surface area contributed by atoms with E-state index in [9.17, 15) is 4.79 Å². The summed E-state index contributed by atoms with van der Waals surface area (Å²) in [4.78, 5) is 12.3. The first-order valence-corrected chi connectivity index (χ1v) is 7.08. The van der Waals surface area contributed by atoms with E-state index in [2.05, 4.69) is 15.3 Å². The second-order valence-electron chi connectivity index (χ2n) is 5.41. The van der Waals surface area contributed by atoms with Crippen LogP contribution in [0.2, 0.25) is 0 Å². The molecule has 6 heteroatoms. The van der Waals surface area contributed by atoms with Crippen LogP contribution >= 0.6 is 11.8 Å². The van der Waals surface area contributed by atoms with E-state index < -0.39 is 0 Å². The Balaban J connectivity index is 3.42. The highest BCUT2D eigenvalue weighted by atomic mass is 32.2. The molecule has 100 valence electrons. The Hall–Kier alpha value is -1.17. The Kier molecular flexibility index (Phi) is 4.67. The van der Waals surface area contributed by atoms with Crippen LogP contribution in [0.15, 0.2) is 15.1 Å². The van der Waals surface area contributed by atoms with Gasteiger partial charge in [-0.05, 0) is 12.2 Å². The average molecular weight is 268 g/mol. The fourth-order valence-corrected chi connectivity index (χ4v) is 1.69. The molecule has 0 bridgehead atoms. The second kappa shape index (κ2) is 5.65. The molecule has 1 rings (SSSR count). The summed E-state index contributed by atoms with van der Waals surface area (Å²) in [5, 5.41) is 12.8. The number of thioether (sulfide) groups is 1. The van der Waals surface area contributed by atoms with Gasteiger partial charge in [-0.15, -0.1) is 10.2 Å². The molecule has 1 heterocycles. The zero-order valence-corrected chi connectivity index (χ0v) is 12.6. The highest BCUT2D eigenvalue weighted by molar-refractivity contribution is 7.98. The van der Waals surface area contributed by atoms with Gasteiger partial charge in [-0.25, -0.2) is 0 Å². The van der Waals surface area contributed by atoms with Crippen molar-refractivity contribution in [1.29, 1.82) is 0 Å². The molecule has 0 aromatic carbocycles. The molecule has 0 saturated carbocycles. The maximum absolute atomic E-state index is 12.3. The maximum Gasteiger partial charge on any atom is 0.297 e. The molecule has 0 radical (unpaired) electrons. The maximum atomic E-state index is 12.3. The normalized spacial score (nSPS) is 12.6. The molecular formula is C12H20N4OS. The van der Waals surface area contributed by atoms with Crippen LogP contribution in [-0.4, -0.2) is 27.3 Å². The fraction of sp³-hybridized carbons (Fsp3) is 0.667. The summed E-state index contributed by atoms with van der Waals surface area (Å²) in [6, 6.07) is 0. The van der Waals surface area contributed by atoms with Gasteiger partial charge in [0, 0.05) is 11.6 Å². The third-order valence-electron chi connectivity index (χ3n) is 2.18. The lowest BCUT2D eigenvalue weighted by atomic mass is 9.93. The molecule has 0 aliphatic carbocycles. The van der Waals surface area contributed by atoms with Crippen molar-refractivity contribution < 1.29 is 0 Å². The van der Waals surface area contributed by atoms with Crippen LogP contribution in [0.4, 0.5) is 0 Å². The minimum atomic E-state index is -0.337. The van der Waals surface area contributed by atoms with Gasteiger partial charge in [-0.1, -0.05) is 46.4 Å². The van der Waals surface area contributed by atoms with Gasteiger partial charge in [0.15, 0.2) is 0 Å². The van der Waals surface area contributed by atoms with Crippen molar-refractivity contribution in [2.75, 3.05) is 6.26 Å². The molecule has 0 fully saturated rings. The largest absolute Gasteiger partial charge is 0.297 e. The molecule has 0 atom stereocenters. The number of hydrogen-bond donors (Lipinski definition) is 0. The summed E-state index contributed by atoms with van der Waals surface area (Å²) >= 11 is 1.36. The monoisotopic (exact) mass is 268 g/mol. The van der Waals surface area contributed by atoms with Gasteiger partial charge >= 0.3 is 0 Å². The highest BCUT2D eigenvalue weighted by Crippen LogP contribution is 2.17. The minimum Gasteiger partial charge on any atom is -0.265 e. The standard InChI is InChI=1S/C12H20N4OS/c1-8(2)7-13-16-10(17)9(12(3,4)5)14-15-11(16)18-6/h7-8H,1-6H3/b13-7+. The highest BCUT2D eigenvalue weighted by Gasteiger charge is 2.23. The van der Waals surface area contributed by atoms with Crippen molar-refractivity contribution in [2.24, 2.45) is 11.0 Å². The Morgan fingerprint density at radius 1 is 1.33 bits per heavy atom. The van der Waals surface area contributed by atoms with E-state index in [0.717, 1.165) is 0 Å². The van der Waals surface area contributed by atoms with Gasteiger partial charge in [0.2, 0.25) is 5.16 Å². The first-order valence-electron chi connectivity index (χ1n) is 5.86. The molecule has 0 amide bonds. The van der Waals surface area contributed by atoms with Gasteiger partial charge in [0.25, 0.3) is 5.56 Å². The van der Waals surface area contributed by atoms with E-state index in [-0.39, 0.29) is 16.9 Å². The molecule has 0 spiro atoms. The topological polar surface area (TPSA) is 60.1 Å². The van der Waals surface area contributed by atoms with Crippen LogP contribution in [-0.2, 0) is 5.41 Å². The number of rotatable bonds is 3. The van der Waals surface area contributed by atoms with Gasteiger partial charge in [0.1, 0.15) is 5.69 Å². The molecule has 1 aromatic rings. The van der Waals surface area contributed by atoms with Gasteiger partial charge in [-0.3, -0.25) is 4.79 Å². The predicted octanol–water partition coefficient (Wildman–Crippen LogP) is 2.15. The summed E-state index contributed by atoms with van der Waals surface area (Å²) < 4.78 is 1.33. The van der Waals surface area contributed by atoms with E-state index in [1.165, 1.54) is 16.4 Å². The number of nitrogens with zero attached hydrogens (tertiary/aromatic N) is 4. The fourth-order valence-electron chi connectivity index (χ4n) is 1.27. The van der Waals surface area contributed by atoms with E-state index in [1.54, 1.807) is 6.21 Å². The second-order valence-corrected chi connectivity index (χ2v) is 6.18. The Labute approximate surface area is 112 Å². The summed E-state index contributed by atoms with van der Waals surface area (Å²) in [5.41, 5.74) is -0.101. The van der Waals surface area contributed by atoms with E-state index in [4.69, 9.17) is 0 Å². The van der Waals surface area contributed by atoms with Crippen LogP contribution in [0, 0.1) is 5.92 Å². The third-order valence-corrected chi connectivity index (χ3v) is 2.80. The molecule has 5 nitrogen and oxygen atoms in total. The van der Waals surface area contributed by atoms with E-state index in [0.29, 0.717) is 10.9 Å². The Morgan fingerprint density at radius 2 is 1.94 bits per heavy atom. The van der Waals surface area contributed by atoms with Crippen molar-refractivity contribution in [2.45, 2.75) is 45.2 Å². The molecule has 1 aromatic heterocycles. The van der Waals surface area contributed by atoms with Gasteiger partial charge in [-0.2, -0.15) is 9.78 Å². The van der Waals surface area contributed by atoms with E-state index in [1.807, 2.05) is 40.9 Å². The summed E-state index contributed by atoms with van der Waals surface area (Å²) in [7, 11) is 0. The van der Waals surface area contributed by atoms with Gasteiger partial charge < -0.3 is 0 Å². The van der Waals surface area contributed by atoms with E-state index >= 15 is 0 Å².